The highest BCUT2D eigenvalue weighted by Crippen LogP contribution is 2.20. The smallest absolute Gasteiger partial charge is 0.268 e. The van der Waals surface area contributed by atoms with Crippen molar-refractivity contribution in [2.45, 2.75) is 45.7 Å². The standard InChI is InChI=1S/C15H26N4O/c1-4-13(16-3)11-19-15(20)8-14(9-17-19)18-7-5-6-12(2)10-18/h8-9,12-13,16H,4-7,10-11H2,1-3H3. The van der Waals surface area contributed by atoms with Crippen molar-refractivity contribution in [2.75, 3.05) is 25.0 Å². The van der Waals surface area contributed by atoms with E-state index in [1.54, 1.807) is 10.7 Å². The zero-order valence-electron chi connectivity index (χ0n) is 12.8. The first-order valence-corrected chi connectivity index (χ1v) is 7.63. The van der Waals surface area contributed by atoms with E-state index in [9.17, 15) is 4.79 Å². The van der Waals surface area contributed by atoms with Gasteiger partial charge in [0, 0.05) is 25.2 Å². The maximum atomic E-state index is 12.2. The molecule has 2 atom stereocenters. The number of nitrogens with one attached hydrogen (secondary N) is 1. The van der Waals surface area contributed by atoms with Gasteiger partial charge in [0.1, 0.15) is 0 Å². The number of anilines is 1. The van der Waals surface area contributed by atoms with Crippen LogP contribution in [-0.4, -0.2) is 36.0 Å². The van der Waals surface area contributed by atoms with E-state index in [0.29, 0.717) is 18.5 Å². The number of rotatable bonds is 5. The Hall–Kier alpha value is -1.36. The summed E-state index contributed by atoms with van der Waals surface area (Å²) >= 11 is 0. The van der Waals surface area contributed by atoms with Crippen LogP contribution >= 0.6 is 0 Å². The van der Waals surface area contributed by atoms with E-state index in [-0.39, 0.29) is 5.56 Å². The molecule has 1 aromatic heterocycles. The van der Waals surface area contributed by atoms with Gasteiger partial charge in [-0.25, -0.2) is 4.68 Å². The molecule has 2 unspecified atom stereocenters. The lowest BCUT2D eigenvalue weighted by atomic mass is 10.00. The van der Waals surface area contributed by atoms with Gasteiger partial charge in [0.2, 0.25) is 0 Å². The van der Waals surface area contributed by atoms with Crippen molar-refractivity contribution in [3.8, 4) is 0 Å². The molecule has 0 aromatic carbocycles. The van der Waals surface area contributed by atoms with Crippen molar-refractivity contribution in [1.82, 2.24) is 15.1 Å². The van der Waals surface area contributed by atoms with Crippen LogP contribution in [0, 0.1) is 5.92 Å². The molecule has 2 rings (SSSR count). The predicted octanol–water partition coefficient (Wildman–Crippen LogP) is 1.48. The van der Waals surface area contributed by atoms with E-state index in [2.05, 4.69) is 29.2 Å². The van der Waals surface area contributed by atoms with Crippen LogP contribution in [0.15, 0.2) is 17.1 Å². The normalized spacial score (nSPS) is 20.9. The highest BCUT2D eigenvalue weighted by Gasteiger charge is 2.17. The summed E-state index contributed by atoms with van der Waals surface area (Å²) in [4.78, 5) is 14.5. The van der Waals surface area contributed by atoms with Crippen LogP contribution in [0.5, 0.6) is 0 Å². The van der Waals surface area contributed by atoms with E-state index >= 15 is 0 Å². The fourth-order valence-corrected chi connectivity index (χ4v) is 2.79. The zero-order chi connectivity index (χ0) is 14.5. The van der Waals surface area contributed by atoms with Gasteiger partial charge in [-0.1, -0.05) is 13.8 Å². The first-order chi connectivity index (χ1) is 9.63. The van der Waals surface area contributed by atoms with Crippen molar-refractivity contribution in [3.05, 3.63) is 22.6 Å². The van der Waals surface area contributed by atoms with Gasteiger partial charge in [0.15, 0.2) is 0 Å². The molecule has 2 heterocycles. The highest BCUT2D eigenvalue weighted by atomic mass is 16.1. The molecule has 1 aromatic rings. The zero-order valence-corrected chi connectivity index (χ0v) is 12.8. The first-order valence-electron chi connectivity index (χ1n) is 7.63. The summed E-state index contributed by atoms with van der Waals surface area (Å²) in [7, 11) is 1.92. The van der Waals surface area contributed by atoms with Crippen LogP contribution in [0.1, 0.15) is 33.1 Å². The van der Waals surface area contributed by atoms with Gasteiger partial charge in [0.25, 0.3) is 5.56 Å². The Morgan fingerprint density at radius 3 is 2.95 bits per heavy atom. The third-order valence-electron chi connectivity index (χ3n) is 4.17. The molecule has 112 valence electrons. The molecule has 0 saturated carbocycles. The van der Waals surface area contributed by atoms with E-state index in [1.165, 1.54) is 12.8 Å². The summed E-state index contributed by atoms with van der Waals surface area (Å²) in [5.74, 6) is 0.694. The van der Waals surface area contributed by atoms with Crippen LogP contribution in [0.25, 0.3) is 0 Å². The van der Waals surface area contributed by atoms with Gasteiger partial charge in [-0.2, -0.15) is 5.10 Å². The Bertz CT molecular complexity index is 481. The van der Waals surface area contributed by atoms with Gasteiger partial charge in [-0.15, -0.1) is 0 Å². The van der Waals surface area contributed by atoms with Crippen molar-refractivity contribution < 1.29 is 0 Å². The minimum absolute atomic E-state index is 0.00516. The van der Waals surface area contributed by atoms with E-state index < -0.39 is 0 Å². The van der Waals surface area contributed by atoms with Gasteiger partial charge in [0.05, 0.1) is 18.4 Å². The maximum Gasteiger partial charge on any atom is 0.268 e. The molecule has 5 heteroatoms. The van der Waals surface area contributed by atoms with Crippen molar-refractivity contribution in [2.24, 2.45) is 5.92 Å². The number of aromatic nitrogens is 2. The molecular formula is C15H26N4O. The van der Waals surface area contributed by atoms with E-state index in [1.807, 2.05) is 13.2 Å². The van der Waals surface area contributed by atoms with Crippen LogP contribution in [0.4, 0.5) is 5.69 Å². The number of likely N-dealkylation sites (N-methyl/N-ethyl adjacent to an activating group) is 1. The fraction of sp³-hybridized carbons (Fsp3) is 0.733. The summed E-state index contributed by atoms with van der Waals surface area (Å²) in [5, 5.41) is 7.54. The Morgan fingerprint density at radius 2 is 2.35 bits per heavy atom. The molecule has 1 saturated heterocycles. The van der Waals surface area contributed by atoms with Gasteiger partial charge >= 0.3 is 0 Å². The second kappa shape index (κ2) is 6.88. The minimum Gasteiger partial charge on any atom is -0.370 e. The molecule has 0 spiro atoms. The molecule has 0 aliphatic carbocycles. The van der Waals surface area contributed by atoms with Crippen molar-refractivity contribution >= 4 is 5.69 Å². The third kappa shape index (κ3) is 3.60. The summed E-state index contributed by atoms with van der Waals surface area (Å²) in [6.07, 6.45) is 5.29. The van der Waals surface area contributed by atoms with Gasteiger partial charge in [-0.05, 0) is 32.2 Å². The first kappa shape index (κ1) is 15.0. The molecule has 1 aliphatic rings. The molecule has 1 aliphatic heterocycles. The van der Waals surface area contributed by atoms with Gasteiger partial charge < -0.3 is 10.2 Å². The lowest BCUT2D eigenvalue weighted by Crippen LogP contribution is -2.37. The molecule has 1 fully saturated rings. The van der Waals surface area contributed by atoms with Crippen molar-refractivity contribution in [1.29, 1.82) is 0 Å². The molecule has 20 heavy (non-hydrogen) atoms. The fourth-order valence-electron chi connectivity index (χ4n) is 2.79. The molecule has 1 N–H and O–H groups in total. The summed E-state index contributed by atoms with van der Waals surface area (Å²) in [5.41, 5.74) is 0.963. The Labute approximate surface area is 121 Å². The summed E-state index contributed by atoms with van der Waals surface area (Å²) in [6.45, 7) is 7.06. The SMILES string of the molecule is CCC(Cn1ncc(N2CCCC(C)C2)cc1=O)NC. The third-order valence-corrected chi connectivity index (χ3v) is 4.17. The van der Waals surface area contributed by atoms with E-state index in [0.717, 1.165) is 25.2 Å². The van der Waals surface area contributed by atoms with Crippen LogP contribution < -0.4 is 15.8 Å². The lowest BCUT2D eigenvalue weighted by molar-refractivity contribution is 0.426. The van der Waals surface area contributed by atoms with Crippen LogP contribution in [0.2, 0.25) is 0 Å². The average molecular weight is 278 g/mol. The van der Waals surface area contributed by atoms with Crippen LogP contribution in [-0.2, 0) is 6.54 Å². The van der Waals surface area contributed by atoms with E-state index in [4.69, 9.17) is 0 Å². The predicted molar refractivity (Wildman–Crippen MR) is 82.2 cm³/mol. The quantitative estimate of drug-likeness (QED) is 0.886. The minimum atomic E-state index is -0.00516. The molecular weight excluding hydrogens is 252 g/mol. The Morgan fingerprint density at radius 1 is 1.55 bits per heavy atom. The molecule has 0 bridgehead atoms. The van der Waals surface area contributed by atoms with Crippen LogP contribution in [0.3, 0.4) is 0 Å². The van der Waals surface area contributed by atoms with Gasteiger partial charge in [-0.3, -0.25) is 4.79 Å². The average Bonchev–Trinajstić information content (AvgIpc) is 2.46. The summed E-state index contributed by atoms with van der Waals surface area (Å²) < 4.78 is 1.56. The molecule has 0 amide bonds. The second-order valence-electron chi connectivity index (χ2n) is 5.82. The molecule has 5 nitrogen and oxygen atoms in total. The summed E-state index contributed by atoms with van der Waals surface area (Å²) in [6, 6.07) is 2.02. The van der Waals surface area contributed by atoms with Crippen molar-refractivity contribution in [3.63, 3.8) is 0 Å². The number of hydrogen-bond acceptors (Lipinski definition) is 4. The monoisotopic (exact) mass is 278 g/mol. The molecule has 0 radical (unpaired) electrons. The number of hydrogen-bond donors (Lipinski definition) is 1. The second-order valence-corrected chi connectivity index (χ2v) is 5.82. The largest absolute Gasteiger partial charge is 0.370 e. The maximum absolute atomic E-state index is 12.2. The topological polar surface area (TPSA) is 50.2 Å². The number of piperidine rings is 1. The lowest BCUT2D eigenvalue weighted by Gasteiger charge is -2.32. The number of nitrogens with zero attached hydrogens (tertiary/aromatic N) is 3. The highest BCUT2D eigenvalue weighted by molar-refractivity contribution is 5.43. The Balaban J connectivity index is 2.11. The Kier molecular flexibility index (Phi) is 5.17.